The van der Waals surface area contributed by atoms with Gasteiger partial charge in [0.15, 0.2) is 0 Å². The van der Waals surface area contributed by atoms with E-state index in [4.69, 9.17) is 4.84 Å². The fourth-order valence-corrected chi connectivity index (χ4v) is 3.65. The van der Waals surface area contributed by atoms with Crippen LogP contribution in [0, 0.1) is 0 Å². The molecule has 0 N–H and O–H groups in total. The average Bonchev–Trinajstić information content (AvgIpc) is 2.63. The smallest absolute Gasteiger partial charge is 0.100 e. The molecule has 162 valence electrons. The van der Waals surface area contributed by atoms with Gasteiger partial charge in [0.1, 0.15) is 5.60 Å². The van der Waals surface area contributed by atoms with Crippen molar-refractivity contribution < 1.29 is 4.84 Å². The van der Waals surface area contributed by atoms with Gasteiger partial charge in [-0.1, -0.05) is 53.4 Å². The highest BCUT2D eigenvalue weighted by atomic mass is 16.8. The van der Waals surface area contributed by atoms with Crippen molar-refractivity contribution in [1.82, 2.24) is 20.2 Å². The molecule has 0 bridgehead atoms. The predicted molar refractivity (Wildman–Crippen MR) is 116 cm³/mol. The molecule has 0 unspecified atom stereocenters. The lowest BCUT2D eigenvalue weighted by molar-refractivity contribution is -0.522. The van der Waals surface area contributed by atoms with Gasteiger partial charge in [0, 0.05) is 19.6 Å². The number of hydrogen-bond donors (Lipinski definition) is 0. The maximum absolute atomic E-state index is 6.60. The number of nitrogens with zero attached hydrogens (tertiary/aromatic N) is 4. The van der Waals surface area contributed by atoms with Crippen LogP contribution in [0.1, 0.15) is 99.8 Å². The quantitative estimate of drug-likeness (QED) is 0.359. The van der Waals surface area contributed by atoms with Gasteiger partial charge < -0.3 is 4.90 Å². The highest BCUT2D eigenvalue weighted by Crippen LogP contribution is 2.30. The van der Waals surface area contributed by atoms with E-state index in [9.17, 15) is 0 Å². The summed E-state index contributed by atoms with van der Waals surface area (Å²) in [5.41, 5.74) is -0.198. The first-order chi connectivity index (χ1) is 12.9. The van der Waals surface area contributed by atoms with E-state index in [0.29, 0.717) is 6.17 Å². The van der Waals surface area contributed by atoms with E-state index >= 15 is 0 Å². The van der Waals surface area contributed by atoms with Crippen molar-refractivity contribution in [2.45, 2.75) is 112 Å². The maximum atomic E-state index is 6.60. The van der Waals surface area contributed by atoms with Gasteiger partial charge in [-0.25, -0.2) is 0 Å². The molecule has 0 saturated carbocycles. The Morgan fingerprint density at radius 1 is 0.778 bits per heavy atom. The molecule has 1 saturated heterocycles. The van der Waals surface area contributed by atoms with Crippen molar-refractivity contribution in [1.29, 1.82) is 0 Å². The van der Waals surface area contributed by atoms with Crippen molar-refractivity contribution in [3.8, 4) is 0 Å². The zero-order valence-corrected chi connectivity index (χ0v) is 19.5. The lowest BCUT2D eigenvalue weighted by Crippen LogP contribution is -2.74. The predicted octanol–water partition coefficient (Wildman–Crippen LogP) is 5.29. The molecule has 1 heterocycles. The lowest BCUT2D eigenvalue weighted by atomic mass is 10.1. The Morgan fingerprint density at radius 2 is 1.22 bits per heavy atom. The van der Waals surface area contributed by atoms with Crippen LogP contribution < -0.4 is 0 Å². The van der Waals surface area contributed by atoms with Gasteiger partial charge in [-0.15, -0.1) is 0 Å². The topological polar surface area (TPSA) is 22.2 Å². The van der Waals surface area contributed by atoms with E-state index < -0.39 is 0 Å². The summed E-state index contributed by atoms with van der Waals surface area (Å²) in [6, 6.07) is 0. The third-order valence-corrected chi connectivity index (χ3v) is 5.37. The van der Waals surface area contributed by atoms with E-state index in [1.807, 2.05) is 0 Å². The Morgan fingerprint density at radius 3 is 1.63 bits per heavy atom. The van der Waals surface area contributed by atoms with Gasteiger partial charge in [0.05, 0.1) is 6.17 Å². The van der Waals surface area contributed by atoms with E-state index in [1.54, 1.807) is 0 Å². The summed E-state index contributed by atoms with van der Waals surface area (Å²) in [4.78, 5) is 9.20. The van der Waals surface area contributed by atoms with E-state index in [0.717, 1.165) is 19.6 Å². The zero-order chi connectivity index (χ0) is 20.3. The molecular weight excluding hydrogens is 336 g/mol. The molecule has 5 nitrogen and oxygen atoms in total. The van der Waals surface area contributed by atoms with Gasteiger partial charge in [-0.2, -0.15) is 10.0 Å². The Bertz CT molecular complexity index is 353. The van der Waals surface area contributed by atoms with Crippen molar-refractivity contribution >= 4 is 0 Å². The largest absolute Gasteiger partial charge is 0.300 e. The molecule has 0 amide bonds. The molecule has 0 aromatic heterocycles. The number of unbranched alkanes of at least 4 members (excludes halogenated alkanes) is 4. The van der Waals surface area contributed by atoms with Crippen molar-refractivity contribution in [2.75, 3.05) is 32.7 Å². The summed E-state index contributed by atoms with van der Waals surface area (Å²) in [7, 11) is 0. The van der Waals surface area contributed by atoms with Crippen LogP contribution in [0.2, 0.25) is 0 Å². The summed E-state index contributed by atoms with van der Waals surface area (Å²) in [6.07, 6.45) is 10.4. The molecule has 1 rings (SSSR count). The van der Waals surface area contributed by atoms with Gasteiger partial charge in [-0.05, 0) is 64.8 Å². The van der Waals surface area contributed by atoms with Crippen molar-refractivity contribution in [3.63, 3.8) is 0 Å². The molecule has 1 aliphatic rings. The minimum Gasteiger partial charge on any atom is -0.300 e. The summed E-state index contributed by atoms with van der Waals surface area (Å²) in [5, 5.41) is 6.88. The normalized spacial score (nSPS) is 17.8. The van der Waals surface area contributed by atoms with Crippen molar-refractivity contribution in [3.05, 3.63) is 0 Å². The van der Waals surface area contributed by atoms with Crippen LogP contribution in [-0.4, -0.2) is 64.7 Å². The highest BCUT2D eigenvalue weighted by molar-refractivity contribution is 4.78. The Kier molecular flexibility index (Phi) is 12.1. The first-order valence-electron chi connectivity index (χ1n) is 11.6. The molecule has 0 atom stereocenters. The molecular formula is C22H48N4O. The first kappa shape index (κ1) is 24.8. The molecule has 27 heavy (non-hydrogen) atoms. The molecule has 5 heteroatoms. The molecule has 0 aromatic rings. The van der Waals surface area contributed by atoms with Crippen LogP contribution in [0.3, 0.4) is 0 Å². The summed E-state index contributed by atoms with van der Waals surface area (Å²) < 4.78 is 0. The van der Waals surface area contributed by atoms with E-state index in [-0.39, 0.29) is 5.60 Å². The van der Waals surface area contributed by atoms with E-state index in [2.05, 4.69) is 68.7 Å². The Balaban J connectivity index is 2.70. The first-order valence-corrected chi connectivity index (χ1v) is 11.6. The molecule has 0 spiro atoms. The second kappa shape index (κ2) is 13.1. The molecule has 0 radical (unpaired) electrons. The van der Waals surface area contributed by atoms with Crippen LogP contribution in [-0.2, 0) is 4.84 Å². The number of hydrazine groups is 2. The fraction of sp³-hybridized carbons (Fsp3) is 1.00. The maximum Gasteiger partial charge on any atom is 0.100 e. The van der Waals surface area contributed by atoms with Crippen LogP contribution >= 0.6 is 0 Å². The number of hydrogen-bond acceptors (Lipinski definition) is 5. The SMILES string of the molecule is CCCCN(CCCC)CC(C)(C)ON1N(CCCC)C(C)N1CCCC. The minimum absolute atomic E-state index is 0.198. The molecule has 1 fully saturated rings. The second-order valence-corrected chi connectivity index (χ2v) is 8.75. The van der Waals surface area contributed by atoms with Gasteiger partial charge in [0.25, 0.3) is 0 Å². The second-order valence-electron chi connectivity index (χ2n) is 8.75. The van der Waals surface area contributed by atoms with Gasteiger partial charge in [-0.3, -0.25) is 4.84 Å². The molecule has 0 aliphatic carbocycles. The average molecular weight is 385 g/mol. The van der Waals surface area contributed by atoms with Gasteiger partial charge >= 0.3 is 0 Å². The zero-order valence-electron chi connectivity index (χ0n) is 19.5. The summed E-state index contributed by atoms with van der Waals surface area (Å²) in [5.74, 6) is 0. The van der Waals surface area contributed by atoms with E-state index in [1.165, 1.54) is 64.5 Å². The summed E-state index contributed by atoms with van der Waals surface area (Å²) >= 11 is 0. The minimum atomic E-state index is -0.198. The third-order valence-electron chi connectivity index (χ3n) is 5.37. The van der Waals surface area contributed by atoms with Gasteiger partial charge in [0.2, 0.25) is 0 Å². The Labute approximate surface area is 169 Å². The molecule has 1 aliphatic heterocycles. The van der Waals surface area contributed by atoms with Crippen LogP contribution in [0.4, 0.5) is 0 Å². The lowest BCUT2D eigenvalue weighted by Gasteiger charge is -2.58. The monoisotopic (exact) mass is 384 g/mol. The fourth-order valence-electron chi connectivity index (χ4n) is 3.65. The standard InChI is InChI=1S/C22H48N4O/c1-8-12-16-23(17-13-9-2)20-22(6,7)27-26-24(18-14-10-3)21(5)25(26)19-15-11-4/h21H,8-20H2,1-7H3. The van der Waals surface area contributed by atoms with Crippen LogP contribution in [0.5, 0.6) is 0 Å². The van der Waals surface area contributed by atoms with Crippen molar-refractivity contribution in [2.24, 2.45) is 0 Å². The summed E-state index contributed by atoms with van der Waals surface area (Å²) in [6.45, 7) is 21.4. The molecule has 0 aromatic carbocycles. The van der Waals surface area contributed by atoms with Crippen LogP contribution in [0.25, 0.3) is 0 Å². The third kappa shape index (κ3) is 8.36. The Hall–Kier alpha value is -0.200. The van der Waals surface area contributed by atoms with Crippen LogP contribution in [0.15, 0.2) is 0 Å². The number of rotatable bonds is 16. The highest BCUT2D eigenvalue weighted by Gasteiger charge is 2.45.